The van der Waals surface area contributed by atoms with Gasteiger partial charge in [0.15, 0.2) is 17.5 Å². The fraction of sp³-hybridized carbons (Fsp3) is 0.111. The fourth-order valence-corrected chi connectivity index (χ4v) is 1.59. The molecule has 0 aliphatic heterocycles. The fourth-order valence-electron chi connectivity index (χ4n) is 1.10. The summed E-state index contributed by atoms with van der Waals surface area (Å²) < 4.78 is 30.8. The molecule has 0 unspecified atom stereocenters. The molecule has 0 spiro atoms. The quantitative estimate of drug-likeness (QED) is 0.751. The second kappa shape index (κ2) is 3.69. The molecule has 15 heavy (non-hydrogen) atoms. The maximum Gasteiger partial charge on any atom is 0.259 e. The van der Waals surface area contributed by atoms with Gasteiger partial charge in [0.1, 0.15) is 0 Å². The van der Waals surface area contributed by atoms with Gasteiger partial charge >= 0.3 is 0 Å². The largest absolute Gasteiger partial charge is 0.334 e. The van der Waals surface area contributed by atoms with Crippen molar-refractivity contribution in [1.82, 2.24) is 10.1 Å². The Bertz CT molecular complexity index is 513. The maximum atomic E-state index is 13.2. The Labute approximate surface area is 92.2 Å². The Morgan fingerprint density at radius 3 is 2.67 bits per heavy atom. The molecule has 6 heteroatoms. The first-order valence-corrected chi connectivity index (χ1v) is 4.83. The van der Waals surface area contributed by atoms with Gasteiger partial charge in [0, 0.05) is 0 Å². The lowest BCUT2D eigenvalue weighted by atomic mass is 10.2. The number of aryl methyl sites for hydroxylation is 1. The zero-order valence-corrected chi connectivity index (χ0v) is 9.18. The number of benzene rings is 1. The van der Waals surface area contributed by atoms with E-state index in [0.29, 0.717) is 11.4 Å². The Balaban J connectivity index is 2.59. The average Bonchev–Trinajstić information content (AvgIpc) is 2.61. The zero-order valence-electron chi connectivity index (χ0n) is 7.59. The van der Waals surface area contributed by atoms with Crippen molar-refractivity contribution in [3.05, 3.63) is 34.1 Å². The van der Waals surface area contributed by atoms with Crippen LogP contribution in [0.4, 0.5) is 8.78 Å². The summed E-state index contributed by atoms with van der Waals surface area (Å²) in [5.74, 6) is -1.31. The second-order valence-corrected chi connectivity index (χ2v) is 3.66. The third-order valence-electron chi connectivity index (χ3n) is 1.79. The number of hydrogen-bond acceptors (Lipinski definition) is 3. The maximum absolute atomic E-state index is 13.2. The first kappa shape index (κ1) is 10.2. The first-order valence-electron chi connectivity index (χ1n) is 4.04. The normalized spacial score (nSPS) is 10.7. The van der Waals surface area contributed by atoms with E-state index < -0.39 is 11.6 Å². The minimum Gasteiger partial charge on any atom is -0.334 e. The molecule has 0 saturated heterocycles. The van der Waals surface area contributed by atoms with Crippen LogP contribution in [0.25, 0.3) is 11.5 Å². The summed E-state index contributed by atoms with van der Waals surface area (Å²) in [4.78, 5) is 3.92. The van der Waals surface area contributed by atoms with Gasteiger partial charge in [0.2, 0.25) is 0 Å². The molecule has 1 aromatic carbocycles. The predicted molar refractivity (Wildman–Crippen MR) is 52.1 cm³/mol. The molecule has 0 aliphatic rings. The highest BCUT2D eigenvalue weighted by Gasteiger charge is 2.16. The molecule has 2 aromatic rings. The van der Waals surface area contributed by atoms with Crippen molar-refractivity contribution >= 4 is 15.9 Å². The summed E-state index contributed by atoms with van der Waals surface area (Å²) in [6.45, 7) is 1.64. The number of hydrogen-bond donors (Lipinski definition) is 0. The van der Waals surface area contributed by atoms with Crippen molar-refractivity contribution in [3.63, 3.8) is 0 Å². The van der Waals surface area contributed by atoms with Crippen molar-refractivity contribution in [2.45, 2.75) is 6.92 Å². The Morgan fingerprint density at radius 1 is 1.33 bits per heavy atom. The molecule has 0 radical (unpaired) electrons. The molecule has 0 atom stereocenters. The molecular formula is C9H5BrF2N2O. The van der Waals surface area contributed by atoms with E-state index in [2.05, 4.69) is 26.1 Å². The van der Waals surface area contributed by atoms with E-state index in [9.17, 15) is 8.78 Å². The number of rotatable bonds is 1. The van der Waals surface area contributed by atoms with E-state index in [1.807, 2.05) is 0 Å². The molecule has 0 bridgehead atoms. The topological polar surface area (TPSA) is 38.9 Å². The van der Waals surface area contributed by atoms with E-state index in [1.54, 1.807) is 6.92 Å². The van der Waals surface area contributed by atoms with Gasteiger partial charge in [-0.1, -0.05) is 5.16 Å². The van der Waals surface area contributed by atoms with Gasteiger partial charge in [-0.25, -0.2) is 8.78 Å². The van der Waals surface area contributed by atoms with Crippen molar-refractivity contribution < 1.29 is 13.3 Å². The summed E-state index contributed by atoms with van der Waals surface area (Å²) in [5, 5.41) is 3.56. The predicted octanol–water partition coefficient (Wildman–Crippen LogP) is 3.09. The number of nitrogens with zero attached hydrogens (tertiary/aromatic N) is 2. The number of halogens is 3. The van der Waals surface area contributed by atoms with Crippen molar-refractivity contribution in [2.24, 2.45) is 0 Å². The van der Waals surface area contributed by atoms with Crippen LogP contribution in [0.1, 0.15) is 5.82 Å². The minimum absolute atomic E-state index is 0.0221. The van der Waals surface area contributed by atoms with Gasteiger partial charge in [-0.3, -0.25) is 0 Å². The zero-order chi connectivity index (χ0) is 11.0. The van der Waals surface area contributed by atoms with Gasteiger partial charge in [0.25, 0.3) is 5.89 Å². The van der Waals surface area contributed by atoms with E-state index in [-0.39, 0.29) is 10.4 Å². The van der Waals surface area contributed by atoms with Crippen molar-refractivity contribution in [2.75, 3.05) is 0 Å². The van der Waals surface area contributed by atoms with Crippen molar-refractivity contribution in [3.8, 4) is 11.5 Å². The van der Waals surface area contributed by atoms with E-state index in [1.165, 1.54) is 6.07 Å². The smallest absolute Gasteiger partial charge is 0.259 e. The molecule has 1 aromatic heterocycles. The average molecular weight is 275 g/mol. The Kier molecular flexibility index (Phi) is 2.52. The third-order valence-corrected chi connectivity index (χ3v) is 2.57. The van der Waals surface area contributed by atoms with E-state index in [0.717, 1.165) is 6.07 Å². The summed E-state index contributed by atoms with van der Waals surface area (Å²) in [5.41, 5.74) is 0.328. The van der Waals surface area contributed by atoms with E-state index >= 15 is 0 Å². The van der Waals surface area contributed by atoms with E-state index in [4.69, 9.17) is 4.52 Å². The van der Waals surface area contributed by atoms with Crippen LogP contribution in [-0.2, 0) is 0 Å². The molecular weight excluding hydrogens is 270 g/mol. The molecule has 0 amide bonds. The number of aromatic nitrogens is 2. The molecule has 0 saturated carbocycles. The summed E-state index contributed by atoms with van der Waals surface area (Å²) in [6, 6.07) is 2.38. The molecule has 0 N–H and O–H groups in total. The molecule has 0 aliphatic carbocycles. The first-order chi connectivity index (χ1) is 7.09. The van der Waals surface area contributed by atoms with Crippen LogP contribution in [-0.4, -0.2) is 10.1 Å². The second-order valence-electron chi connectivity index (χ2n) is 2.87. The SMILES string of the molecule is Cc1noc(-c2ccc(F)c(F)c2Br)n1. The standard InChI is InChI=1S/C9H5BrF2N2O/c1-4-13-9(15-14-4)5-2-3-6(11)8(12)7(5)10/h2-3H,1H3. The van der Waals surface area contributed by atoms with Crippen LogP contribution in [0.15, 0.2) is 21.1 Å². The summed E-state index contributed by atoms with van der Waals surface area (Å²) >= 11 is 2.93. The lowest BCUT2D eigenvalue weighted by Gasteiger charge is -2.00. The van der Waals surface area contributed by atoms with Gasteiger partial charge in [0.05, 0.1) is 10.0 Å². The van der Waals surface area contributed by atoms with Crippen LogP contribution in [0.2, 0.25) is 0 Å². The van der Waals surface area contributed by atoms with Crippen LogP contribution >= 0.6 is 15.9 Å². The van der Waals surface area contributed by atoms with Gasteiger partial charge in [-0.05, 0) is 35.0 Å². The Morgan fingerprint density at radius 2 is 2.07 bits per heavy atom. The molecule has 2 rings (SSSR count). The van der Waals surface area contributed by atoms with Gasteiger partial charge in [-0.2, -0.15) is 4.98 Å². The highest BCUT2D eigenvalue weighted by molar-refractivity contribution is 9.10. The molecule has 78 valence electrons. The lowest BCUT2D eigenvalue weighted by molar-refractivity contribution is 0.424. The summed E-state index contributed by atoms with van der Waals surface area (Å²) in [6.07, 6.45) is 0. The van der Waals surface area contributed by atoms with Gasteiger partial charge in [-0.15, -0.1) is 0 Å². The molecule has 1 heterocycles. The highest BCUT2D eigenvalue weighted by atomic mass is 79.9. The van der Waals surface area contributed by atoms with Crippen LogP contribution in [0, 0.1) is 18.6 Å². The highest BCUT2D eigenvalue weighted by Crippen LogP contribution is 2.30. The lowest BCUT2D eigenvalue weighted by Crippen LogP contribution is -1.89. The van der Waals surface area contributed by atoms with Crippen LogP contribution < -0.4 is 0 Å². The monoisotopic (exact) mass is 274 g/mol. The van der Waals surface area contributed by atoms with Gasteiger partial charge < -0.3 is 4.52 Å². The minimum atomic E-state index is -0.969. The van der Waals surface area contributed by atoms with Crippen molar-refractivity contribution in [1.29, 1.82) is 0 Å². The summed E-state index contributed by atoms with van der Waals surface area (Å²) in [7, 11) is 0. The van der Waals surface area contributed by atoms with Crippen LogP contribution in [0.3, 0.4) is 0 Å². The molecule has 3 nitrogen and oxygen atoms in total. The Hall–Kier alpha value is -1.30. The van der Waals surface area contributed by atoms with Crippen LogP contribution in [0.5, 0.6) is 0 Å². The third kappa shape index (κ3) is 1.77. The molecule has 0 fully saturated rings.